The summed E-state index contributed by atoms with van der Waals surface area (Å²) in [6.07, 6.45) is 0.308. The average Bonchev–Trinajstić information content (AvgIpc) is 3.20. The molecule has 0 N–H and O–H groups in total. The Balaban J connectivity index is 1.60. The molecule has 2 aliphatic heterocycles. The molecule has 0 spiro atoms. The van der Waals surface area contributed by atoms with E-state index in [4.69, 9.17) is 9.84 Å². The Labute approximate surface area is 188 Å². The summed E-state index contributed by atoms with van der Waals surface area (Å²) in [5.41, 5.74) is 6.52. The van der Waals surface area contributed by atoms with E-state index in [2.05, 4.69) is 54.0 Å². The van der Waals surface area contributed by atoms with Crippen LogP contribution in [-0.4, -0.2) is 15.6 Å². The molecule has 7 heteroatoms. The second-order valence-corrected chi connectivity index (χ2v) is 8.88. The van der Waals surface area contributed by atoms with Crippen LogP contribution in [0.3, 0.4) is 0 Å². The highest BCUT2D eigenvalue weighted by atomic mass is 79.9. The lowest BCUT2D eigenvalue weighted by Gasteiger charge is -2.38. The van der Waals surface area contributed by atoms with E-state index in [1.165, 1.54) is 23.3 Å². The number of nitrogens with zero attached hydrogens (tertiary/aromatic N) is 3. The molecule has 0 bridgehead atoms. The van der Waals surface area contributed by atoms with E-state index in [0.29, 0.717) is 0 Å². The fraction of sp³-hybridized carbons (Fsp3) is 0.208. The number of rotatable bonds is 3. The topological polar surface area (TPSA) is 68.0 Å². The minimum atomic E-state index is -0.456. The van der Waals surface area contributed by atoms with Gasteiger partial charge in [0.05, 0.1) is 16.7 Å². The second-order valence-electron chi connectivity index (χ2n) is 7.97. The van der Waals surface area contributed by atoms with Crippen molar-refractivity contribution >= 4 is 27.3 Å². The molecule has 0 aromatic heterocycles. The second kappa shape index (κ2) is 7.50. The predicted octanol–water partition coefficient (Wildman–Crippen LogP) is 6.22. The number of hydrazone groups is 1. The zero-order valence-corrected chi connectivity index (χ0v) is 18.7. The third-order valence-electron chi connectivity index (χ3n) is 5.84. The van der Waals surface area contributed by atoms with Crippen LogP contribution in [0.5, 0.6) is 5.75 Å². The number of nitro benzene ring substituents is 1. The maximum atomic E-state index is 11.1. The van der Waals surface area contributed by atoms with E-state index in [-0.39, 0.29) is 11.7 Å². The lowest BCUT2D eigenvalue weighted by Crippen LogP contribution is -2.33. The van der Waals surface area contributed by atoms with Crippen molar-refractivity contribution in [3.63, 3.8) is 0 Å². The summed E-state index contributed by atoms with van der Waals surface area (Å²) >= 11 is 3.57. The number of nitro groups is 1. The molecule has 0 saturated heterocycles. The molecule has 156 valence electrons. The van der Waals surface area contributed by atoms with E-state index in [0.717, 1.165) is 39.0 Å². The minimum absolute atomic E-state index is 0.0244. The Bertz CT molecular complexity index is 1220. The van der Waals surface area contributed by atoms with Gasteiger partial charge in [-0.15, -0.1) is 0 Å². The molecular weight excluding hydrogens is 458 g/mol. The Morgan fingerprint density at radius 3 is 2.61 bits per heavy atom. The number of ether oxygens (including phenoxy) is 1. The Kier molecular flexibility index (Phi) is 4.78. The first-order valence-electron chi connectivity index (χ1n) is 10.0. The van der Waals surface area contributed by atoms with Crippen LogP contribution in [-0.2, 0) is 0 Å². The van der Waals surface area contributed by atoms with Gasteiger partial charge in [0, 0.05) is 39.7 Å². The summed E-state index contributed by atoms with van der Waals surface area (Å²) in [6, 6.07) is 19.0. The van der Waals surface area contributed by atoms with Crippen molar-refractivity contribution in [2.45, 2.75) is 32.5 Å². The van der Waals surface area contributed by atoms with Gasteiger partial charge in [-0.1, -0.05) is 33.6 Å². The van der Waals surface area contributed by atoms with Crippen LogP contribution >= 0.6 is 15.9 Å². The maximum absolute atomic E-state index is 11.1. The van der Waals surface area contributed by atoms with Crippen molar-refractivity contribution in [2.24, 2.45) is 5.10 Å². The zero-order valence-electron chi connectivity index (χ0n) is 17.1. The number of fused-ring (bicyclic) bond motifs is 3. The molecule has 2 heterocycles. The first-order valence-corrected chi connectivity index (χ1v) is 10.8. The third kappa shape index (κ3) is 3.49. The maximum Gasteiger partial charge on any atom is 0.269 e. The molecule has 0 fully saturated rings. The van der Waals surface area contributed by atoms with Crippen LogP contribution < -0.4 is 4.74 Å². The zero-order chi connectivity index (χ0) is 21.7. The molecule has 2 unspecified atom stereocenters. The SMILES string of the molecule is Cc1ccc(C)c(C2=NN3C(C2)c2cc(Br)ccc2OC3c2ccc([N+](=O)[O-])cc2)c1. The molecule has 0 saturated carbocycles. The highest BCUT2D eigenvalue weighted by Gasteiger charge is 2.41. The van der Waals surface area contributed by atoms with Gasteiger partial charge in [-0.2, -0.15) is 5.10 Å². The van der Waals surface area contributed by atoms with Gasteiger partial charge in [0.15, 0.2) is 0 Å². The van der Waals surface area contributed by atoms with E-state index in [9.17, 15) is 10.1 Å². The Hall–Kier alpha value is -3.19. The molecule has 3 aromatic carbocycles. The molecule has 5 rings (SSSR count). The quantitative estimate of drug-likeness (QED) is 0.331. The molecular formula is C24H20BrN3O3. The fourth-order valence-electron chi connectivity index (χ4n) is 4.25. The van der Waals surface area contributed by atoms with E-state index < -0.39 is 11.2 Å². The summed E-state index contributed by atoms with van der Waals surface area (Å²) in [6.45, 7) is 4.18. The molecule has 0 aliphatic carbocycles. The summed E-state index contributed by atoms with van der Waals surface area (Å²) in [4.78, 5) is 10.7. The monoisotopic (exact) mass is 477 g/mol. The molecule has 2 aliphatic rings. The highest BCUT2D eigenvalue weighted by molar-refractivity contribution is 9.10. The predicted molar refractivity (Wildman–Crippen MR) is 122 cm³/mol. The number of aryl methyl sites for hydroxylation is 2. The summed E-state index contributed by atoms with van der Waals surface area (Å²) in [5.74, 6) is 0.810. The van der Waals surface area contributed by atoms with E-state index in [1.807, 2.05) is 17.1 Å². The molecule has 31 heavy (non-hydrogen) atoms. The van der Waals surface area contributed by atoms with Crippen molar-refractivity contribution in [1.29, 1.82) is 0 Å². The number of benzene rings is 3. The fourth-order valence-corrected chi connectivity index (χ4v) is 4.63. The normalized spacial score (nSPS) is 19.3. The highest BCUT2D eigenvalue weighted by Crippen LogP contribution is 2.48. The number of halogens is 1. The summed E-state index contributed by atoms with van der Waals surface area (Å²) < 4.78 is 7.34. The van der Waals surface area contributed by atoms with Crippen LogP contribution in [0.15, 0.2) is 70.2 Å². The number of hydrogen-bond acceptors (Lipinski definition) is 5. The van der Waals surface area contributed by atoms with Gasteiger partial charge in [0.25, 0.3) is 5.69 Å². The molecule has 0 radical (unpaired) electrons. The first kappa shape index (κ1) is 19.8. The minimum Gasteiger partial charge on any atom is -0.464 e. The summed E-state index contributed by atoms with van der Waals surface area (Å²) in [5, 5.41) is 18.1. The lowest BCUT2D eigenvalue weighted by atomic mass is 9.93. The van der Waals surface area contributed by atoms with Crippen molar-refractivity contribution in [3.8, 4) is 5.75 Å². The van der Waals surface area contributed by atoms with Gasteiger partial charge in [-0.25, -0.2) is 5.01 Å². The third-order valence-corrected chi connectivity index (χ3v) is 6.34. The van der Waals surface area contributed by atoms with Crippen molar-refractivity contribution < 1.29 is 9.66 Å². The van der Waals surface area contributed by atoms with Gasteiger partial charge >= 0.3 is 0 Å². The smallest absolute Gasteiger partial charge is 0.269 e. The molecule has 3 aromatic rings. The Morgan fingerprint density at radius 2 is 1.87 bits per heavy atom. The summed E-state index contributed by atoms with van der Waals surface area (Å²) in [7, 11) is 0. The van der Waals surface area contributed by atoms with Gasteiger partial charge in [-0.05, 0) is 55.8 Å². The van der Waals surface area contributed by atoms with Crippen molar-refractivity contribution in [1.82, 2.24) is 5.01 Å². The molecule has 0 amide bonds. The number of non-ortho nitro benzene ring substituents is 1. The average molecular weight is 478 g/mol. The van der Waals surface area contributed by atoms with Gasteiger partial charge < -0.3 is 4.74 Å². The van der Waals surface area contributed by atoms with Crippen LogP contribution in [0.1, 0.15) is 46.5 Å². The van der Waals surface area contributed by atoms with Gasteiger partial charge in [0.1, 0.15) is 5.75 Å². The van der Waals surface area contributed by atoms with Crippen LogP contribution in [0.25, 0.3) is 0 Å². The first-order chi connectivity index (χ1) is 14.9. The van der Waals surface area contributed by atoms with E-state index in [1.54, 1.807) is 12.1 Å². The van der Waals surface area contributed by atoms with Crippen molar-refractivity contribution in [3.05, 3.63) is 103 Å². The van der Waals surface area contributed by atoms with E-state index >= 15 is 0 Å². The largest absolute Gasteiger partial charge is 0.464 e. The van der Waals surface area contributed by atoms with Crippen molar-refractivity contribution in [2.75, 3.05) is 0 Å². The standard InChI is InChI=1S/C24H20BrN3O3/c1-14-3-4-15(2)19(11-14)21-13-22-20-12-17(25)7-10-23(20)31-24(27(22)26-21)16-5-8-18(9-6-16)28(29)30/h3-12,22,24H,13H2,1-2H3. The van der Waals surface area contributed by atoms with Crippen LogP contribution in [0.4, 0.5) is 5.69 Å². The van der Waals surface area contributed by atoms with Crippen LogP contribution in [0, 0.1) is 24.0 Å². The van der Waals surface area contributed by atoms with Gasteiger partial charge in [0.2, 0.25) is 6.23 Å². The van der Waals surface area contributed by atoms with Crippen LogP contribution in [0.2, 0.25) is 0 Å². The molecule has 2 atom stereocenters. The molecule has 6 nitrogen and oxygen atoms in total. The number of hydrogen-bond donors (Lipinski definition) is 0. The lowest BCUT2D eigenvalue weighted by molar-refractivity contribution is -0.384. The Morgan fingerprint density at radius 1 is 1.10 bits per heavy atom. The van der Waals surface area contributed by atoms with Gasteiger partial charge in [-0.3, -0.25) is 10.1 Å².